The minimum absolute atomic E-state index is 0.230. The first-order valence-corrected chi connectivity index (χ1v) is 9.58. The second kappa shape index (κ2) is 5.88. The van der Waals surface area contributed by atoms with E-state index in [0.29, 0.717) is 13.1 Å². The predicted molar refractivity (Wildman–Crippen MR) is 91.2 cm³/mol. The molecule has 0 radical (unpaired) electrons. The lowest BCUT2D eigenvalue weighted by Crippen LogP contribution is -2.45. The summed E-state index contributed by atoms with van der Waals surface area (Å²) in [6.07, 6.45) is 2.00. The van der Waals surface area contributed by atoms with Crippen molar-refractivity contribution in [1.29, 1.82) is 0 Å². The molecule has 1 fully saturated rings. The second-order valence-electron chi connectivity index (χ2n) is 6.02. The van der Waals surface area contributed by atoms with E-state index in [2.05, 4.69) is 24.0 Å². The number of para-hydroxylation sites is 1. The highest BCUT2D eigenvalue weighted by Gasteiger charge is 2.30. The Morgan fingerprint density at radius 1 is 1.32 bits per heavy atom. The highest BCUT2D eigenvalue weighted by Crippen LogP contribution is 2.29. The van der Waals surface area contributed by atoms with E-state index in [0.717, 1.165) is 35.1 Å². The third-order valence-corrected chi connectivity index (χ3v) is 6.46. The molecule has 2 heterocycles. The predicted octanol–water partition coefficient (Wildman–Crippen LogP) is 2.81. The highest BCUT2D eigenvalue weighted by molar-refractivity contribution is 7.92. The largest absolute Gasteiger partial charge is 0.369 e. The minimum Gasteiger partial charge on any atom is -0.369 e. The molecule has 4 nitrogen and oxygen atoms in total. The van der Waals surface area contributed by atoms with Gasteiger partial charge in [0.05, 0.1) is 16.5 Å². The van der Waals surface area contributed by atoms with Gasteiger partial charge < -0.3 is 4.90 Å². The SMILES string of the molecule is CCCc1cc(N2CCS(=O)(=O)C(C)C2)c2ccccc2n1. The van der Waals surface area contributed by atoms with E-state index >= 15 is 0 Å². The molecule has 1 aliphatic heterocycles. The third-order valence-electron chi connectivity index (χ3n) is 4.33. The van der Waals surface area contributed by atoms with Gasteiger partial charge in [-0.1, -0.05) is 31.5 Å². The third kappa shape index (κ3) is 2.82. The number of aryl methyl sites for hydroxylation is 1. The van der Waals surface area contributed by atoms with Gasteiger partial charge in [-0.15, -0.1) is 0 Å². The summed E-state index contributed by atoms with van der Waals surface area (Å²) in [5, 5.41) is 0.789. The highest BCUT2D eigenvalue weighted by atomic mass is 32.2. The monoisotopic (exact) mass is 318 g/mol. The van der Waals surface area contributed by atoms with Crippen molar-refractivity contribution in [1.82, 2.24) is 4.98 Å². The van der Waals surface area contributed by atoms with Crippen LogP contribution in [0.1, 0.15) is 26.0 Å². The zero-order valence-electron chi connectivity index (χ0n) is 13.1. The molecule has 1 aromatic heterocycles. The molecular weight excluding hydrogens is 296 g/mol. The number of aromatic nitrogens is 1. The van der Waals surface area contributed by atoms with Crippen LogP contribution in [0, 0.1) is 0 Å². The summed E-state index contributed by atoms with van der Waals surface area (Å²) in [5.74, 6) is 0.230. The second-order valence-corrected chi connectivity index (χ2v) is 8.56. The van der Waals surface area contributed by atoms with Crippen molar-refractivity contribution >= 4 is 26.4 Å². The quantitative estimate of drug-likeness (QED) is 0.873. The van der Waals surface area contributed by atoms with Crippen molar-refractivity contribution in [2.75, 3.05) is 23.7 Å². The molecule has 0 saturated carbocycles. The number of sulfone groups is 1. The van der Waals surface area contributed by atoms with E-state index in [9.17, 15) is 8.42 Å². The molecule has 0 spiro atoms. The molecule has 2 aromatic rings. The maximum Gasteiger partial charge on any atom is 0.156 e. The molecule has 1 saturated heterocycles. The number of hydrogen-bond acceptors (Lipinski definition) is 4. The topological polar surface area (TPSA) is 50.3 Å². The van der Waals surface area contributed by atoms with Gasteiger partial charge in [0.15, 0.2) is 9.84 Å². The van der Waals surface area contributed by atoms with Crippen LogP contribution in [-0.4, -0.2) is 37.5 Å². The van der Waals surface area contributed by atoms with Crippen LogP contribution in [0.25, 0.3) is 10.9 Å². The summed E-state index contributed by atoms with van der Waals surface area (Å²) in [4.78, 5) is 6.93. The summed E-state index contributed by atoms with van der Waals surface area (Å²) < 4.78 is 23.9. The molecular formula is C17H22N2O2S. The summed E-state index contributed by atoms with van der Waals surface area (Å²) in [6.45, 7) is 5.07. The van der Waals surface area contributed by atoms with Crippen molar-refractivity contribution in [2.24, 2.45) is 0 Å². The number of rotatable bonds is 3. The maximum atomic E-state index is 12.0. The van der Waals surface area contributed by atoms with Gasteiger partial charge in [0.25, 0.3) is 0 Å². The average Bonchev–Trinajstić information content (AvgIpc) is 2.50. The van der Waals surface area contributed by atoms with E-state index in [1.807, 2.05) is 18.2 Å². The lowest BCUT2D eigenvalue weighted by Gasteiger charge is -2.33. The number of anilines is 1. The maximum absolute atomic E-state index is 12.0. The summed E-state index contributed by atoms with van der Waals surface area (Å²) >= 11 is 0. The fourth-order valence-corrected chi connectivity index (χ4v) is 4.31. The molecule has 0 bridgehead atoms. The Bertz CT molecular complexity index is 786. The number of nitrogens with zero attached hydrogens (tertiary/aromatic N) is 2. The Hall–Kier alpha value is -1.62. The normalized spacial score (nSPS) is 21.2. The van der Waals surface area contributed by atoms with Crippen LogP contribution in [0.15, 0.2) is 30.3 Å². The van der Waals surface area contributed by atoms with Gasteiger partial charge in [-0.3, -0.25) is 4.98 Å². The smallest absolute Gasteiger partial charge is 0.156 e. The van der Waals surface area contributed by atoms with Crippen LogP contribution in [-0.2, 0) is 16.3 Å². The van der Waals surface area contributed by atoms with E-state index < -0.39 is 9.84 Å². The zero-order valence-corrected chi connectivity index (χ0v) is 13.9. The van der Waals surface area contributed by atoms with Crippen LogP contribution >= 0.6 is 0 Å². The van der Waals surface area contributed by atoms with Gasteiger partial charge in [0.2, 0.25) is 0 Å². The van der Waals surface area contributed by atoms with Crippen LogP contribution < -0.4 is 4.90 Å². The first-order chi connectivity index (χ1) is 10.5. The first-order valence-electron chi connectivity index (χ1n) is 7.86. The van der Waals surface area contributed by atoms with Crippen LogP contribution in [0.3, 0.4) is 0 Å². The van der Waals surface area contributed by atoms with E-state index in [1.54, 1.807) is 6.92 Å². The van der Waals surface area contributed by atoms with Crippen molar-refractivity contribution < 1.29 is 8.42 Å². The molecule has 0 amide bonds. The summed E-state index contributed by atoms with van der Waals surface area (Å²) in [7, 11) is -2.93. The van der Waals surface area contributed by atoms with Gasteiger partial charge in [0, 0.05) is 29.9 Å². The Balaban J connectivity index is 2.05. The molecule has 0 aliphatic carbocycles. The zero-order chi connectivity index (χ0) is 15.7. The fraction of sp³-hybridized carbons (Fsp3) is 0.471. The Morgan fingerprint density at radius 2 is 2.09 bits per heavy atom. The Labute approximate surface area is 132 Å². The average molecular weight is 318 g/mol. The van der Waals surface area contributed by atoms with E-state index in [4.69, 9.17) is 4.98 Å². The molecule has 5 heteroatoms. The molecule has 1 aromatic carbocycles. The van der Waals surface area contributed by atoms with Crippen LogP contribution in [0.2, 0.25) is 0 Å². The Morgan fingerprint density at radius 3 is 2.82 bits per heavy atom. The molecule has 118 valence electrons. The number of fused-ring (bicyclic) bond motifs is 1. The lowest BCUT2D eigenvalue weighted by molar-refractivity contribution is 0.569. The number of benzene rings is 1. The van der Waals surface area contributed by atoms with Crippen molar-refractivity contribution in [3.63, 3.8) is 0 Å². The van der Waals surface area contributed by atoms with Gasteiger partial charge in [-0.2, -0.15) is 0 Å². The van der Waals surface area contributed by atoms with Crippen molar-refractivity contribution in [3.05, 3.63) is 36.0 Å². The lowest BCUT2D eigenvalue weighted by atomic mass is 10.1. The fourth-order valence-electron chi connectivity index (χ4n) is 3.03. The van der Waals surface area contributed by atoms with Crippen LogP contribution in [0.5, 0.6) is 0 Å². The van der Waals surface area contributed by atoms with Gasteiger partial charge >= 0.3 is 0 Å². The molecule has 1 unspecified atom stereocenters. The molecule has 1 atom stereocenters. The number of hydrogen-bond donors (Lipinski definition) is 0. The molecule has 1 aliphatic rings. The summed E-state index contributed by atoms with van der Waals surface area (Å²) in [6, 6.07) is 10.2. The standard InChI is InChI=1S/C17H22N2O2S/c1-3-6-14-11-17(15-7-4-5-8-16(15)18-14)19-9-10-22(20,21)13(2)12-19/h4-5,7-8,11,13H,3,6,9-10,12H2,1-2H3. The molecule has 3 rings (SSSR count). The minimum atomic E-state index is -2.93. The van der Waals surface area contributed by atoms with Gasteiger partial charge in [-0.05, 0) is 25.5 Å². The van der Waals surface area contributed by atoms with Crippen LogP contribution in [0.4, 0.5) is 5.69 Å². The van der Waals surface area contributed by atoms with Gasteiger partial charge in [-0.25, -0.2) is 8.42 Å². The van der Waals surface area contributed by atoms with E-state index in [-0.39, 0.29) is 11.0 Å². The Kier molecular flexibility index (Phi) is 4.08. The molecule has 0 N–H and O–H groups in total. The van der Waals surface area contributed by atoms with Gasteiger partial charge in [0.1, 0.15) is 0 Å². The molecule has 22 heavy (non-hydrogen) atoms. The van der Waals surface area contributed by atoms with E-state index in [1.165, 1.54) is 0 Å². The van der Waals surface area contributed by atoms with Crippen molar-refractivity contribution in [3.8, 4) is 0 Å². The summed E-state index contributed by atoms with van der Waals surface area (Å²) in [5.41, 5.74) is 3.19. The van der Waals surface area contributed by atoms with Crippen molar-refractivity contribution in [2.45, 2.75) is 31.9 Å². The number of pyridine rings is 1. The first kappa shape index (κ1) is 15.3.